The minimum absolute atomic E-state index is 0.353. The normalized spacial score (nSPS) is 14.2. The predicted molar refractivity (Wildman–Crippen MR) is 441 cm³/mol. The highest BCUT2D eigenvalue weighted by atomic mass is 28.3. The van der Waals surface area contributed by atoms with Crippen molar-refractivity contribution in [3.63, 3.8) is 0 Å². The van der Waals surface area contributed by atoms with Gasteiger partial charge < -0.3 is 0 Å². The van der Waals surface area contributed by atoms with E-state index in [0.717, 1.165) is 170 Å². The molecule has 27 nitrogen and oxygen atoms in total. The first kappa shape index (κ1) is 92.0. The van der Waals surface area contributed by atoms with Gasteiger partial charge in [-0.2, -0.15) is 0 Å². The summed E-state index contributed by atoms with van der Waals surface area (Å²) in [6, 6.07) is 16.9. The Balaban J connectivity index is 5.58. The van der Waals surface area contributed by atoms with E-state index in [-0.39, 0.29) is 16.2 Å². The van der Waals surface area contributed by atoms with Gasteiger partial charge in [0.05, 0.1) is 72.7 Å². The molecule has 0 aliphatic carbocycles. The minimum Gasteiger partial charge on any atom is -0.0969 e. The fourth-order valence-corrected chi connectivity index (χ4v) is 30.5. The number of nitrogens with zero attached hydrogens (tertiary/aromatic N) is 27. The second kappa shape index (κ2) is 44.5. The molecule has 1 aromatic carbocycles. The SMILES string of the molecule is C[Si](C)(CCCC(CCC[Si](C)(C)CN=[N+]=[N-])(CCC[Si](C)(C)CN=[N+]=[N-])c1cc(C(CCC[Si](C)(C)CN=[N+]=[N-])(CCC[Si](C)(C)CN=[N+]=[N-])CCC[Si](C)(C)CN=[N+]=[N-])cc(C(CCC[Si](C)(C)CN=[N+]=[N-])(CCC[Si](C)(C)CN=[N+]=[N-])CCC[Si](C)(C)CN=[N+]=[N-])c1)CN=[N+]=[N-]. The van der Waals surface area contributed by atoms with Crippen LogP contribution >= 0.6 is 0 Å². The summed E-state index contributed by atoms with van der Waals surface area (Å²) in [4.78, 5) is 29.3. The third kappa shape index (κ3) is 38.2. The summed E-state index contributed by atoms with van der Waals surface area (Å²) in [5.41, 5.74) is 90.0. The average molecular weight is 1520 g/mol. The molecule has 0 saturated carbocycles. The summed E-state index contributed by atoms with van der Waals surface area (Å²) in [5.74, 6) is 0. The van der Waals surface area contributed by atoms with Gasteiger partial charge in [-0.3, -0.25) is 0 Å². The van der Waals surface area contributed by atoms with E-state index < -0.39 is 72.7 Å². The van der Waals surface area contributed by atoms with Gasteiger partial charge in [-0.15, -0.1) is 0 Å². The van der Waals surface area contributed by atoms with E-state index in [0.29, 0.717) is 55.5 Å². The first-order valence-corrected chi connectivity index (χ1v) is 67.2. The van der Waals surface area contributed by atoms with Crippen molar-refractivity contribution in [1.82, 2.24) is 0 Å². The zero-order valence-electron chi connectivity index (χ0n) is 64.8. The van der Waals surface area contributed by atoms with Crippen LogP contribution in [0.25, 0.3) is 94.0 Å². The van der Waals surface area contributed by atoms with E-state index in [2.05, 4.69) is 226 Å². The Morgan fingerprint density at radius 3 is 0.404 bits per heavy atom. The van der Waals surface area contributed by atoms with Gasteiger partial charge in [0.2, 0.25) is 0 Å². The van der Waals surface area contributed by atoms with E-state index in [1.165, 1.54) is 16.7 Å². The molecule has 0 aliphatic heterocycles. The molecule has 99 heavy (non-hydrogen) atoms. The van der Waals surface area contributed by atoms with Crippen LogP contribution in [0.5, 0.6) is 0 Å². The Labute approximate surface area is 603 Å². The van der Waals surface area contributed by atoms with E-state index in [1.807, 2.05) is 0 Å². The van der Waals surface area contributed by atoms with Crippen LogP contribution in [0.3, 0.4) is 0 Å². The zero-order valence-corrected chi connectivity index (χ0v) is 73.8. The quantitative estimate of drug-likeness (QED) is 0.0254. The third-order valence-electron chi connectivity index (χ3n) is 21.4. The second-order valence-electron chi connectivity index (χ2n) is 36.3. The molecule has 0 bridgehead atoms. The minimum atomic E-state index is -2.03. The van der Waals surface area contributed by atoms with Gasteiger partial charge >= 0.3 is 0 Å². The summed E-state index contributed by atoms with van der Waals surface area (Å²) < 4.78 is 0. The topological polar surface area (TPSA) is 439 Å². The van der Waals surface area contributed by atoms with Gasteiger partial charge in [-0.05, 0) is 141 Å². The third-order valence-corrected chi connectivity index (χ3v) is 45.7. The molecule has 552 valence electrons. The lowest BCUT2D eigenvalue weighted by Gasteiger charge is -2.44. The van der Waals surface area contributed by atoms with Crippen molar-refractivity contribution in [2.45, 2.75) is 304 Å². The zero-order chi connectivity index (χ0) is 75.0. The van der Waals surface area contributed by atoms with Crippen LogP contribution in [0.2, 0.25) is 172 Å². The molecule has 0 spiro atoms. The van der Waals surface area contributed by atoms with Crippen LogP contribution < -0.4 is 0 Å². The molecule has 36 heteroatoms. The summed E-state index contributed by atoms with van der Waals surface area (Å²) in [6.45, 7) is 42.1. The summed E-state index contributed by atoms with van der Waals surface area (Å²) in [5, 5.41) is 37.7. The molecule has 0 atom stereocenters. The maximum Gasteiger partial charge on any atom is 0.0542 e. The molecule has 0 saturated heterocycles. The summed E-state index contributed by atoms with van der Waals surface area (Å²) >= 11 is 0. The van der Waals surface area contributed by atoms with Crippen molar-refractivity contribution in [2.24, 2.45) is 46.0 Å². The lowest BCUT2D eigenvalue weighted by atomic mass is 9.63. The molecule has 1 aromatic rings. The lowest BCUT2D eigenvalue weighted by Crippen LogP contribution is -2.37. The Hall–Kier alpha value is -5.04. The van der Waals surface area contributed by atoms with Crippen LogP contribution in [0, 0.1) is 0 Å². The fourth-order valence-electron chi connectivity index (χ4n) is 14.8. The van der Waals surface area contributed by atoms with E-state index in [9.17, 15) is 49.8 Å². The standard InChI is InChI=1S/C63H129N27Si9/c1-91(2,49-73-82-64)37-19-28-61(29-20-38-92(3,4)50-74-83-65,30-21-39-93(5,6)51-75-84-66)58-46-59(62(31-22-40-94(7,8)52-76-85-67,32-23-41-95(9,10)53-77-86-68)33-24-42-96(11,12)54-78-87-69)48-60(47-58)63(34-25-43-97(13,14)55-79-88-70,35-26-44-98(15,16)56-80-89-71)36-27-45-99(17,18)57-81-90-72/h46-48H,19-45,49-57H2,1-18H3. The molecule has 0 N–H and O–H groups in total. The largest absolute Gasteiger partial charge is 0.0969 e. The highest BCUT2D eigenvalue weighted by Gasteiger charge is 2.43. The molecular weight excluding hydrogens is 1390 g/mol. The van der Waals surface area contributed by atoms with Crippen LogP contribution in [0.4, 0.5) is 0 Å². The number of benzene rings is 1. The highest BCUT2D eigenvalue weighted by molar-refractivity contribution is 6.80. The van der Waals surface area contributed by atoms with Crippen molar-refractivity contribution in [2.75, 3.05) is 55.5 Å². The smallest absolute Gasteiger partial charge is 0.0542 e. The second-order valence-corrected chi connectivity index (χ2v) is 82.6. The van der Waals surface area contributed by atoms with E-state index >= 15 is 0 Å². The van der Waals surface area contributed by atoms with E-state index in [4.69, 9.17) is 0 Å². The Morgan fingerprint density at radius 2 is 0.313 bits per heavy atom. The first-order valence-electron chi connectivity index (χ1n) is 36.5. The van der Waals surface area contributed by atoms with Crippen molar-refractivity contribution in [1.29, 1.82) is 0 Å². The van der Waals surface area contributed by atoms with Gasteiger partial charge in [0.1, 0.15) is 0 Å². The molecule has 0 aromatic heterocycles. The molecule has 0 fully saturated rings. The van der Waals surface area contributed by atoms with Crippen molar-refractivity contribution < 1.29 is 0 Å². The monoisotopic (exact) mass is 1520 g/mol. The first-order chi connectivity index (χ1) is 46.2. The van der Waals surface area contributed by atoms with Gasteiger partial charge in [0, 0.05) is 99.7 Å². The number of hydrogen-bond acceptors (Lipinski definition) is 9. The molecule has 0 aliphatic rings. The van der Waals surface area contributed by atoms with Gasteiger partial charge in [-0.1, -0.05) is 294 Å². The van der Waals surface area contributed by atoms with Gasteiger partial charge in [0.25, 0.3) is 0 Å². The molecule has 1 rings (SSSR count). The predicted octanol–water partition coefficient (Wildman–Crippen LogP) is 26.4. The number of azide groups is 9. The number of hydrogen-bond donors (Lipinski definition) is 0. The molecule has 0 radical (unpaired) electrons. The van der Waals surface area contributed by atoms with Crippen molar-refractivity contribution >= 4 is 72.7 Å². The van der Waals surface area contributed by atoms with Crippen LogP contribution in [-0.2, 0) is 16.2 Å². The van der Waals surface area contributed by atoms with E-state index in [1.54, 1.807) is 0 Å². The van der Waals surface area contributed by atoms with Gasteiger partial charge in [0.15, 0.2) is 0 Å². The van der Waals surface area contributed by atoms with Crippen LogP contribution in [-0.4, -0.2) is 128 Å². The van der Waals surface area contributed by atoms with Crippen molar-refractivity contribution in [3.8, 4) is 0 Å². The lowest BCUT2D eigenvalue weighted by molar-refractivity contribution is 0.303. The maximum absolute atomic E-state index is 9.66. The van der Waals surface area contributed by atoms with Gasteiger partial charge in [-0.25, -0.2) is 0 Å². The molecule has 0 amide bonds. The number of rotatable bonds is 57. The summed E-state index contributed by atoms with van der Waals surface area (Å²) in [7, 11) is -18.3. The van der Waals surface area contributed by atoms with Crippen LogP contribution in [0.15, 0.2) is 64.2 Å². The molecule has 0 unspecified atom stereocenters. The Kier molecular flexibility index (Phi) is 41.3. The molecular formula is C63H129N27Si9. The maximum atomic E-state index is 9.66. The Morgan fingerprint density at radius 1 is 0.212 bits per heavy atom. The highest BCUT2D eigenvalue weighted by Crippen LogP contribution is 2.51. The molecule has 0 heterocycles. The average Bonchev–Trinajstić information content (AvgIpc) is 0.752. The van der Waals surface area contributed by atoms with Crippen LogP contribution in [0.1, 0.15) is 132 Å². The van der Waals surface area contributed by atoms with Crippen molar-refractivity contribution in [3.05, 3.63) is 129 Å². The fraction of sp³-hybridized carbons (Fsp3) is 0.905. The summed E-state index contributed by atoms with van der Waals surface area (Å²) in [6.07, 6.45) is 21.3. The Bertz CT molecular complexity index is 2500.